The number of ether oxygens (including phenoxy) is 1. The van der Waals surface area contributed by atoms with E-state index >= 15 is 0 Å². The van der Waals surface area contributed by atoms with Crippen LogP contribution in [0.15, 0.2) is 36.5 Å². The van der Waals surface area contributed by atoms with Gasteiger partial charge in [0.2, 0.25) is 11.8 Å². The van der Waals surface area contributed by atoms with Crippen LogP contribution in [-0.2, 0) is 9.59 Å². The van der Waals surface area contributed by atoms with E-state index in [2.05, 4.69) is 10.3 Å². The third kappa shape index (κ3) is 5.36. The smallest absolute Gasteiger partial charge is 0.249 e. The molecule has 148 valence electrons. The molecule has 2 amide bonds. The summed E-state index contributed by atoms with van der Waals surface area (Å²) in [6, 6.07) is 7.07. The molecule has 1 saturated heterocycles. The summed E-state index contributed by atoms with van der Waals surface area (Å²) in [5.74, 6) is 1.45. The summed E-state index contributed by atoms with van der Waals surface area (Å²) < 4.78 is 5.68. The Morgan fingerprint density at radius 2 is 2.21 bits per heavy atom. The highest BCUT2D eigenvalue weighted by molar-refractivity contribution is 7.99. The first-order valence-electron chi connectivity index (χ1n) is 8.99. The highest BCUT2D eigenvalue weighted by atomic mass is 32.2. The minimum absolute atomic E-state index is 0.0865. The number of carbonyl (C=O) groups excluding carboxylic acids is 2. The lowest BCUT2D eigenvalue weighted by Crippen LogP contribution is -2.43. The van der Waals surface area contributed by atoms with Crippen LogP contribution < -0.4 is 10.1 Å². The zero-order chi connectivity index (χ0) is 20.1. The molecule has 1 aliphatic heterocycles. The van der Waals surface area contributed by atoms with Gasteiger partial charge in [-0.1, -0.05) is 12.1 Å². The van der Waals surface area contributed by atoms with Crippen LogP contribution in [0.2, 0.25) is 0 Å². The van der Waals surface area contributed by atoms with E-state index in [0.717, 1.165) is 16.2 Å². The number of hydrogen-bond donors (Lipinski definition) is 1. The van der Waals surface area contributed by atoms with Crippen molar-refractivity contribution in [3.8, 4) is 5.75 Å². The maximum Gasteiger partial charge on any atom is 0.249 e. The van der Waals surface area contributed by atoms with Gasteiger partial charge in [0.15, 0.2) is 5.13 Å². The summed E-state index contributed by atoms with van der Waals surface area (Å²) in [7, 11) is 0. The maximum absolute atomic E-state index is 12.7. The SMILES string of the molecule is Cc1cnc(NC(=O)C2CSCN2C(=O)/C=C/c2cccc(OC(C)C)c2)s1. The van der Waals surface area contributed by atoms with Crippen LogP contribution in [-0.4, -0.2) is 45.5 Å². The van der Waals surface area contributed by atoms with Crippen LogP contribution in [0.4, 0.5) is 5.13 Å². The quantitative estimate of drug-likeness (QED) is 0.724. The largest absolute Gasteiger partial charge is 0.491 e. The fourth-order valence-electron chi connectivity index (χ4n) is 2.71. The second-order valence-electron chi connectivity index (χ2n) is 6.66. The molecule has 0 spiro atoms. The number of nitrogens with one attached hydrogen (secondary N) is 1. The zero-order valence-corrected chi connectivity index (χ0v) is 17.7. The Morgan fingerprint density at radius 1 is 1.39 bits per heavy atom. The number of aryl methyl sites for hydroxylation is 1. The number of thioether (sulfide) groups is 1. The van der Waals surface area contributed by atoms with Crippen molar-refractivity contribution in [2.45, 2.75) is 32.9 Å². The lowest BCUT2D eigenvalue weighted by atomic mass is 10.2. The van der Waals surface area contributed by atoms with E-state index in [1.807, 2.05) is 45.0 Å². The topological polar surface area (TPSA) is 71.5 Å². The molecule has 28 heavy (non-hydrogen) atoms. The first-order valence-corrected chi connectivity index (χ1v) is 11.0. The average Bonchev–Trinajstić information content (AvgIpc) is 3.28. The molecule has 1 atom stereocenters. The first-order chi connectivity index (χ1) is 13.4. The van der Waals surface area contributed by atoms with Crippen molar-refractivity contribution < 1.29 is 14.3 Å². The number of aromatic nitrogens is 1. The number of rotatable bonds is 6. The molecule has 1 aliphatic rings. The molecule has 1 unspecified atom stereocenters. The number of nitrogens with zero attached hydrogens (tertiary/aromatic N) is 2. The van der Waals surface area contributed by atoms with Crippen molar-refractivity contribution >= 4 is 46.1 Å². The van der Waals surface area contributed by atoms with Crippen molar-refractivity contribution in [1.29, 1.82) is 0 Å². The second kappa shape index (κ2) is 9.25. The number of carbonyl (C=O) groups is 2. The highest BCUT2D eigenvalue weighted by Crippen LogP contribution is 2.24. The second-order valence-corrected chi connectivity index (χ2v) is 8.90. The van der Waals surface area contributed by atoms with Gasteiger partial charge in [0, 0.05) is 22.9 Å². The molecule has 0 saturated carbocycles. The summed E-state index contributed by atoms with van der Waals surface area (Å²) in [6.45, 7) is 5.87. The number of amides is 2. The van der Waals surface area contributed by atoms with Crippen LogP contribution in [0, 0.1) is 6.92 Å². The number of thiazole rings is 1. The third-order valence-corrected chi connectivity index (χ3v) is 5.81. The lowest BCUT2D eigenvalue weighted by Gasteiger charge is -2.21. The molecule has 2 heterocycles. The third-order valence-electron chi connectivity index (χ3n) is 3.97. The van der Waals surface area contributed by atoms with E-state index in [0.29, 0.717) is 16.8 Å². The Balaban J connectivity index is 1.64. The molecule has 2 aromatic rings. The highest BCUT2D eigenvalue weighted by Gasteiger charge is 2.34. The van der Waals surface area contributed by atoms with E-state index in [-0.39, 0.29) is 17.9 Å². The summed E-state index contributed by atoms with van der Waals surface area (Å²) in [5.41, 5.74) is 0.873. The lowest BCUT2D eigenvalue weighted by molar-refractivity contribution is -0.132. The standard InChI is InChI=1S/C20H23N3O3S2/c1-13(2)26-16-6-4-5-15(9-16)7-8-18(24)23-12-27-11-17(23)19(25)22-20-21-10-14(3)28-20/h4-10,13,17H,11-12H2,1-3H3,(H,21,22,25)/b8-7+. The predicted molar refractivity (Wildman–Crippen MR) is 115 cm³/mol. The summed E-state index contributed by atoms with van der Waals surface area (Å²) >= 11 is 2.99. The maximum atomic E-state index is 12.7. The van der Waals surface area contributed by atoms with E-state index in [1.165, 1.54) is 17.4 Å². The molecule has 0 bridgehead atoms. The van der Waals surface area contributed by atoms with Gasteiger partial charge >= 0.3 is 0 Å². The summed E-state index contributed by atoms with van der Waals surface area (Å²) in [5, 5.41) is 3.37. The van der Waals surface area contributed by atoms with Crippen molar-refractivity contribution in [1.82, 2.24) is 9.88 Å². The van der Waals surface area contributed by atoms with Gasteiger partial charge in [0.1, 0.15) is 11.8 Å². The van der Waals surface area contributed by atoms with Gasteiger partial charge in [-0.25, -0.2) is 4.98 Å². The molecular weight excluding hydrogens is 394 g/mol. The average molecular weight is 418 g/mol. The van der Waals surface area contributed by atoms with Gasteiger partial charge in [-0.05, 0) is 44.5 Å². The first kappa shape index (κ1) is 20.4. The fourth-order valence-corrected chi connectivity index (χ4v) is 4.54. The Hall–Kier alpha value is -2.32. The van der Waals surface area contributed by atoms with Crippen LogP contribution in [0.1, 0.15) is 24.3 Å². The number of hydrogen-bond acceptors (Lipinski definition) is 6. The van der Waals surface area contributed by atoms with Gasteiger partial charge in [0.05, 0.1) is 12.0 Å². The molecule has 1 N–H and O–H groups in total. The minimum Gasteiger partial charge on any atom is -0.491 e. The Morgan fingerprint density at radius 3 is 2.93 bits per heavy atom. The molecule has 1 aromatic carbocycles. The fraction of sp³-hybridized carbons (Fsp3) is 0.350. The van der Waals surface area contributed by atoms with Gasteiger partial charge < -0.3 is 15.0 Å². The van der Waals surface area contributed by atoms with Crippen molar-refractivity contribution in [2.75, 3.05) is 16.9 Å². The zero-order valence-electron chi connectivity index (χ0n) is 16.0. The molecule has 0 aliphatic carbocycles. The molecule has 0 radical (unpaired) electrons. The van der Waals surface area contributed by atoms with Gasteiger partial charge in [-0.3, -0.25) is 9.59 Å². The molecule has 1 fully saturated rings. The Bertz CT molecular complexity index is 879. The van der Waals surface area contributed by atoms with Gasteiger partial charge in [0.25, 0.3) is 0 Å². The Kier molecular flexibility index (Phi) is 6.74. The van der Waals surface area contributed by atoms with E-state index < -0.39 is 6.04 Å². The molecular formula is C20H23N3O3S2. The molecule has 6 nitrogen and oxygen atoms in total. The van der Waals surface area contributed by atoms with Crippen molar-refractivity contribution in [3.63, 3.8) is 0 Å². The predicted octanol–water partition coefficient (Wildman–Crippen LogP) is 3.79. The monoisotopic (exact) mass is 417 g/mol. The van der Waals surface area contributed by atoms with E-state index in [1.54, 1.807) is 28.9 Å². The molecule has 3 rings (SSSR count). The van der Waals surface area contributed by atoms with Crippen LogP contribution in [0.25, 0.3) is 6.08 Å². The van der Waals surface area contributed by atoms with E-state index in [4.69, 9.17) is 4.74 Å². The van der Waals surface area contributed by atoms with Crippen molar-refractivity contribution in [3.05, 3.63) is 47.0 Å². The van der Waals surface area contributed by atoms with E-state index in [9.17, 15) is 9.59 Å². The normalized spacial score (nSPS) is 16.7. The van der Waals surface area contributed by atoms with Crippen LogP contribution in [0.3, 0.4) is 0 Å². The van der Waals surface area contributed by atoms with Crippen LogP contribution >= 0.6 is 23.1 Å². The molecule has 1 aromatic heterocycles. The molecule has 8 heteroatoms. The van der Waals surface area contributed by atoms with Gasteiger partial charge in [-0.2, -0.15) is 0 Å². The van der Waals surface area contributed by atoms with Crippen molar-refractivity contribution in [2.24, 2.45) is 0 Å². The number of anilines is 1. The number of benzene rings is 1. The van der Waals surface area contributed by atoms with Crippen LogP contribution in [0.5, 0.6) is 5.75 Å². The summed E-state index contributed by atoms with van der Waals surface area (Å²) in [6.07, 6.45) is 5.06. The summed E-state index contributed by atoms with van der Waals surface area (Å²) in [4.78, 5) is 32.0. The van der Waals surface area contributed by atoms with Gasteiger partial charge in [-0.15, -0.1) is 23.1 Å². The Labute approximate surface area is 173 Å². The minimum atomic E-state index is -0.498.